The highest BCUT2D eigenvalue weighted by Crippen LogP contribution is 2.13. The summed E-state index contributed by atoms with van der Waals surface area (Å²) in [7, 11) is 4.04. The Morgan fingerprint density at radius 1 is 0.429 bits per heavy atom. The molecule has 1 aliphatic heterocycles. The van der Waals surface area contributed by atoms with Crippen molar-refractivity contribution in [3.63, 3.8) is 0 Å². The molecular weight excluding hydrogens is 554 g/mol. The van der Waals surface area contributed by atoms with Crippen LogP contribution in [-0.2, 0) is 56.8 Å². The second-order valence-electron chi connectivity index (χ2n) is 9.59. The maximum atomic E-state index is 5.60. The molecule has 252 valence electrons. The molecule has 13 nitrogen and oxygen atoms in total. The molecule has 0 aromatic heterocycles. The predicted octanol–water partition coefficient (Wildman–Crippen LogP) is 1.26. The van der Waals surface area contributed by atoms with Crippen molar-refractivity contribution in [3.05, 3.63) is 0 Å². The van der Waals surface area contributed by atoms with E-state index in [2.05, 4.69) is 4.90 Å². The topological polar surface area (TPSA) is 114 Å². The molecule has 0 spiro atoms. The third-order valence-electron chi connectivity index (χ3n) is 5.70. The molecule has 13 heteroatoms. The van der Waals surface area contributed by atoms with Crippen LogP contribution in [0.4, 0.5) is 0 Å². The normalized spacial score (nSPS) is 15.6. The summed E-state index contributed by atoms with van der Waals surface area (Å²) in [6.45, 7) is 13.2. The predicted molar refractivity (Wildman–Crippen MR) is 156 cm³/mol. The number of likely N-dealkylation sites (N-methyl/N-ethyl adjacent to an activating group) is 1. The monoisotopic (exact) mass is 613 g/mol. The van der Waals surface area contributed by atoms with Gasteiger partial charge in [-0.15, -0.1) is 0 Å². The maximum Gasteiger partial charge on any atom is 0.157 e. The Hall–Kier alpha value is -0.520. The Kier molecular flexibility index (Phi) is 31.4. The third kappa shape index (κ3) is 30.9. The fraction of sp³-hybridized carbons (Fsp3) is 1.00. The van der Waals surface area contributed by atoms with Gasteiger partial charge in [0.25, 0.3) is 0 Å². The van der Waals surface area contributed by atoms with Crippen molar-refractivity contribution >= 4 is 0 Å². The minimum absolute atomic E-state index is 0.0627. The fourth-order valence-electron chi connectivity index (χ4n) is 3.41. The highest BCUT2D eigenvalue weighted by atomic mass is 16.7. The van der Waals surface area contributed by atoms with Gasteiger partial charge in [-0.2, -0.15) is 0 Å². The average molecular weight is 614 g/mol. The molecule has 0 aliphatic carbocycles. The van der Waals surface area contributed by atoms with Crippen molar-refractivity contribution in [2.45, 2.75) is 25.6 Å². The second-order valence-corrected chi connectivity index (χ2v) is 9.59. The third-order valence-corrected chi connectivity index (χ3v) is 5.70. The maximum absolute atomic E-state index is 5.60. The molecule has 1 heterocycles. The smallest absolute Gasteiger partial charge is 0.157 e. The van der Waals surface area contributed by atoms with Crippen LogP contribution in [-0.4, -0.2) is 177 Å². The van der Waals surface area contributed by atoms with Crippen LogP contribution in [0.15, 0.2) is 0 Å². The number of hydrogen-bond acceptors (Lipinski definition) is 13. The van der Waals surface area contributed by atoms with Crippen LogP contribution in [0.25, 0.3) is 0 Å². The number of nitrogens with zero attached hydrogens (tertiary/aromatic N) is 1. The van der Waals surface area contributed by atoms with Crippen molar-refractivity contribution in [1.29, 1.82) is 0 Å². The van der Waals surface area contributed by atoms with Crippen LogP contribution < -0.4 is 0 Å². The highest BCUT2D eigenvalue weighted by Gasteiger charge is 2.13. The van der Waals surface area contributed by atoms with Gasteiger partial charge in [0.2, 0.25) is 0 Å². The Morgan fingerprint density at radius 2 is 0.738 bits per heavy atom. The van der Waals surface area contributed by atoms with Crippen molar-refractivity contribution in [2.24, 2.45) is 0 Å². The Bertz CT molecular complexity index is 515. The van der Waals surface area contributed by atoms with Crippen molar-refractivity contribution in [3.8, 4) is 0 Å². The van der Waals surface area contributed by atoms with E-state index in [0.29, 0.717) is 132 Å². The SMILES string of the molecule is CN(C)CCOCCOCCOCCOCCOCCOCCOCCOCCOCCOCCOC1CCCCO1. The minimum Gasteiger partial charge on any atom is -0.378 e. The van der Waals surface area contributed by atoms with Gasteiger partial charge in [-0.1, -0.05) is 0 Å². The summed E-state index contributed by atoms with van der Waals surface area (Å²) < 4.78 is 65.8. The van der Waals surface area contributed by atoms with Gasteiger partial charge in [-0.3, -0.25) is 0 Å². The molecule has 1 atom stereocenters. The summed E-state index contributed by atoms with van der Waals surface area (Å²) in [5.74, 6) is 0. The molecule has 42 heavy (non-hydrogen) atoms. The van der Waals surface area contributed by atoms with E-state index in [1.54, 1.807) is 0 Å². The summed E-state index contributed by atoms with van der Waals surface area (Å²) in [5.41, 5.74) is 0. The molecule has 0 saturated carbocycles. The summed E-state index contributed by atoms with van der Waals surface area (Å²) >= 11 is 0. The van der Waals surface area contributed by atoms with Crippen LogP contribution in [0, 0.1) is 0 Å². The first-order valence-electron chi connectivity index (χ1n) is 15.4. The fourth-order valence-corrected chi connectivity index (χ4v) is 3.41. The summed E-state index contributed by atoms with van der Waals surface area (Å²) in [6.07, 6.45) is 3.20. The Labute approximate surface area is 253 Å². The van der Waals surface area contributed by atoms with Gasteiger partial charge in [0.1, 0.15) is 0 Å². The van der Waals surface area contributed by atoms with Gasteiger partial charge in [-0.25, -0.2) is 0 Å². The molecule has 0 bridgehead atoms. The van der Waals surface area contributed by atoms with E-state index < -0.39 is 0 Å². The molecule has 1 rings (SSSR count). The number of hydrogen-bond donors (Lipinski definition) is 0. The zero-order chi connectivity index (χ0) is 30.0. The van der Waals surface area contributed by atoms with Gasteiger partial charge in [0, 0.05) is 13.2 Å². The largest absolute Gasteiger partial charge is 0.378 e. The van der Waals surface area contributed by atoms with Gasteiger partial charge in [0.15, 0.2) is 6.29 Å². The van der Waals surface area contributed by atoms with Gasteiger partial charge < -0.3 is 61.7 Å². The average Bonchev–Trinajstić information content (AvgIpc) is 3.00. The number of rotatable bonds is 34. The quantitative estimate of drug-likeness (QED) is 0.0972. The lowest BCUT2D eigenvalue weighted by molar-refractivity contribution is -0.169. The van der Waals surface area contributed by atoms with E-state index in [0.717, 1.165) is 32.6 Å². The first-order chi connectivity index (χ1) is 20.8. The van der Waals surface area contributed by atoms with E-state index in [9.17, 15) is 0 Å². The first kappa shape index (κ1) is 39.5. The summed E-state index contributed by atoms with van der Waals surface area (Å²) in [6, 6.07) is 0. The zero-order valence-corrected chi connectivity index (χ0v) is 26.3. The molecule has 0 aromatic carbocycles. The highest BCUT2D eigenvalue weighted by molar-refractivity contribution is 4.53. The lowest BCUT2D eigenvalue weighted by atomic mass is 10.2. The molecular formula is C29H59NO12. The Balaban J connectivity index is 1.60. The molecule has 0 aromatic rings. The summed E-state index contributed by atoms with van der Waals surface area (Å²) in [5, 5.41) is 0. The minimum atomic E-state index is -0.0627. The van der Waals surface area contributed by atoms with Crippen LogP contribution in [0.3, 0.4) is 0 Å². The van der Waals surface area contributed by atoms with E-state index in [-0.39, 0.29) is 6.29 Å². The van der Waals surface area contributed by atoms with Crippen molar-refractivity contribution in [1.82, 2.24) is 4.90 Å². The van der Waals surface area contributed by atoms with Gasteiger partial charge in [-0.05, 0) is 33.4 Å². The van der Waals surface area contributed by atoms with E-state index in [1.807, 2.05) is 14.1 Å². The van der Waals surface area contributed by atoms with Gasteiger partial charge >= 0.3 is 0 Å². The second kappa shape index (κ2) is 33.4. The number of ether oxygens (including phenoxy) is 12. The lowest BCUT2D eigenvalue weighted by Gasteiger charge is -2.22. The molecule has 0 amide bonds. The molecule has 0 N–H and O–H groups in total. The summed E-state index contributed by atoms with van der Waals surface area (Å²) in [4.78, 5) is 2.08. The molecule has 1 aliphatic rings. The van der Waals surface area contributed by atoms with Crippen LogP contribution in [0.1, 0.15) is 19.3 Å². The molecule has 1 unspecified atom stereocenters. The van der Waals surface area contributed by atoms with Crippen LogP contribution in [0.2, 0.25) is 0 Å². The van der Waals surface area contributed by atoms with Crippen molar-refractivity contribution < 1.29 is 56.8 Å². The van der Waals surface area contributed by atoms with E-state index in [1.165, 1.54) is 6.42 Å². The van der Waals surface area contributed by atoms with Crippen LogP contribution in [0.5, 0.6) is 0 Å². The molecule has 1 fully saturated rings. The van der Waals surface area contributed by atoms with E-state index >= 15 is 0 Å². The van der Waals surface area contributed by atoms with Crippen molar-refractivity contribution in [2.75, 3.05) is 166 Å². The molecule has 0 radical (unpaired) electrons. The van der Waals surface area contributed by atoms with Gasteiger partial charge in [0.05, 0.1) is 139 Å². The Morgan fingerprint density at radius 3 is 1.02 bits per heavy atom. The molecule has 1 saturated heterocycles. The van der Waals surface area contributed by atoms with E-state index in [4.69, 9.17) is 56.8 Å². The van der Waals surface area contributed by atoms with Crippen LogP contribution >= 0.6 is 0 Å². The first-order valence-corrected chi connectivity index (χ1v) is 15.4. The standard InChI is InChI=1S/C29H59NO12/c1-30(2)6-8-31-9-10-32-11-12-33-13-14-34-15-16-35-17-18-36-19-20-37-21-22-38-23-24-39-25-26-40-27-28-42-29-5-3-4-7-41-29/h29H,3-28H2,1-2H3. The lowest BCUT2D eigenvalue weighted by Crippen LogP contribution is -2.24. The zero-order valence-electron chi connectivity index (χ0n) is 26.3.